The molecule has 1 saturated heterocycles. The van der Waals surface area contributed by atoms with E-state index in [4.69, 9.17) is 19.5 Å². The van der Waals surface area contributed by atoms with E-state index in [0.717, 1.165) is 6.08 Å². The van der Waals surface area contributed by atoms with Gasteiger partial charge < -0.3 is 44.8 Å². The molecule has 6 unspecified atom stereocenters. The van der Waals surface area contributed by atoms with E-state index < -0.39 is 49.4 Å². The van der Waals surface area contributed by atoms with Crippen molar-refractivity contribution >= 4 is 12.0 Å². The molecule has 2 aromatic carbocycles. The van der Waals surface area contributed by atoms with Crippen LogP contribution in [0.2, 0.25) is 0 Å². The van der Waals surface area contributed by atoms with Gasteiger partial charge in [0.2, 0.25) is 6.29 Å². The van der Waals surface area contributed by atoms with Crippen molar-refractivity contribution in [3.05, 3.63) is 59.7 Å². The summed E-state index contributed by atoms with van der Waals surface area (Å²) in [6.07, 6.45) is -6.38. The normalized spacial score (nSPS) is 25.4. The number of nitrogens with zero attached hydrogens (tertiary/aromatic N) is 1. The molecule has 0 aliphatic carbocycles. The molecule has 11 heteroatoms. The lowest BCUT2D eigenvalue weighted by atomic mass is 9.99. The smallest absolute Gasteiger partial charge is 0.331 e. The number of benzene rings is 2. The lowest BCUT2D eigenvalue weighted by molar-refractivity contribution is -0.280. The minimum absolute atomic E-state index is 0.192. The molecule has 180 valence electrons. The first kappa shape index (κ1) is 25.0. The highest BCUT2D eigenvalue weighted by Gasteiger charge is 2.47. The number of carbonyl (C=O) groups excluding carboxylic acids is 1. The summed E-state index contributed by atoms with van der Waals surface area (Å²) >= 11 is 0. The van der Waals surface area contributed by atoms with Gasteiger partial charge in [-0.1, -0.05) is 18.2 Å². The van der Waals surface area contributed by atoms with Gasteiger partial charge in [-0.15, -0.1) is 0 Å². The summed E-state index contributed by atoms with van der Waals surface area (Å²) in [6.45, 7) is -0.662. The molecule has 0 radical (unpaired) electrons. The van der Waals surface area contributed by atoms with Crippen molar-refractivity contribution in [1.82, 2.24) is 0 Å². The second-order valence-corrected chi connectivity index (χ2v) is 7.41. The molecule has 0 amide bonds. The van der Waals surface area contributed by atoms with Gasteiger partial charge in [0.1, 0.15) is 24.1 Å². The van der Waals surface area contributed by atoms with Crippen LogP contribution in [-0.2, 0) is 14.3 Å². The Hall–Kier alpha value is -3.66. The van der Waals surface area contributed by atoms with Crippen LogP contribution in [-0.4, -0.2) is 73.9 Å². The standard InChI is InChI=1S/C23H23NO10/c24-10-17(28)13-3-5-14(6-4-13)32-23-21(31)20(30)22(18(11-25)33-23)34-19(29)8-2-12-1-7-15(26)16(27)9-12/h1-9,17-18,20-23,25-28,30-31H,11H2. The van der Waals surface area contributed by atoms with E-state index in [1.165, 1.54) is 48.5 Å². The van der Waals surface area contributed by atoms with E-state index in [-0.39, 0.29) is 17.2 Å². The molecular formula is C23H23NO10. The van der Waals surface area contributed by atoms with Gasteiger partial charge in [0.15, 0.2) is 23.7 Å². The zero-order valence-corrected chi connectivity index (χ0v) is 17.6. The molecule has 0 aromatic heterocycles. The third-order valence-corrected chi connectivity index (χ3v) is 5.05. The number of hydrogen-bond donors (Lipinski definition) is 6. The maximum Gasteiger partial charge on any atom is 0.331 e. The molecule has 34 heavy (non-hydrogen) atoms. The molecule has 1 fully saturated rings. The van der Waals surface area contributed by atoms with Crippen LogP contribution in [0.1, 0.15) is 17.2 Å². The van der Waals surface area contributed by atoms with Crippen molar-refractivity contribution in [3.63, 3.8) is 0 Å². The highest BCUT2D eigenvalue weighted by atomic mass is 16.7. The third-order valence-electron chi connectivity index (χ3n) is 5.05. The van der Waals surface area contributed by atoms with Gasteiger partial charge in [0.25, 0.3) is 0 Å². The summed E-state index contributed by atoms with van der Waals surface area (Å²) in [5, 5.41) is 67.6. The lowest BCUT2D eigenvalue weighted by Gasteiger charge is -2.41. The minimum atomic E-state index is -1.66. The number of carbonyl (C=O) groups is 1. The summed E-state index contributed by atoms with van der Waals surface area (Å²) in [5.41, 5.74) is 0.712. The van der Waals surface area contributed by atoms with E-state index >= 15 is 0 Å². The van der Waals surface area contributed by atoms with Crippen LogP contribution in [0, 0.1) is 11.3 Å². The molecule has 2 aromatic rings. The van der Waals surface area contributed by atoms with Crippen LogP contribution in [0.4, 0.5) is 0 Å². The molecular weight excluding hydrogens is 450 g/mol. The first-order valence-corrected chi connectivity index (χ1v) is 10.1. The number of nitriles is 1. The first-order chi connectivity index (χ1) is 16.2. The molecule has 0 spiro atoms. The second-order valence-electron chi connectivity index (χ2n) is 7.41. The fourth-order valence-corrected chi connectivity index (χ4v) is 3.21. The van der Waals surface area contributed by atoms with E-state index in [1.54, 1.807) is 6.07 Å². The summed E-state index contributed by atoms with van der Waals surface area (Å²) in [4.78, 5) is 12.2. The van der Waals surface area contributed by atoms with Crippen LogP contribution in [0.15, 0.2) is 48.5 Å². The Balaban J connectivity index is 1.64. The Labute approximate surface area is 193 Å². The van der Waals surface area contributed by atoms with Gasteiger partial charge in [-0.3, -0.25) is 0 Å². The van der Waals surface area contributed by atoms with Crippen LogP contribution in [0.5, 0.6) is 17.2 Å². The van der Waals surface area contributed by atoms with Gasteiger partial charge in [-0.05, 0) is 41.5 Å². The number of aliphatic hydroxyl groups excluding tert-OH is 4. The predicted octanol–water partition coefficient (Wildman–Crippen LogP) is 0.0978. The first-order valence-electron chi connectivity index (χ1n) is 10.1. The van der Waals surface area contributed by atoms with Crippen molar-refractivity contribution in [2.24, 2.45) is 0 Å². The van der Waals surface area contributed by atoms with Gasteiger partial charge in [-0.2, -0.15) is 5.26 Å². The van der Waals surface area contributed by atoms with E-state index in [9.17, 15) is 35.4 Å². The maximum absolute atomic E-state index is 12.2. The highest BCUT2D eigenvalue weighted by Crippen LogP contribution is 2.28. The number of esters is 1. The van der Waals surface area contributed by atoms with Gasteiger partial charge in [-0.25, -0.2) is 4.79 Å². The highest BCUT2D eigenvalue weighted by molar-refractivity contribution is 5.87. The van der Waals surface area contributed by atoms with Crippen molar-refractivity contribution < 1.29 is 49.6 Å². The quantitative estimate of drug-likeness (QED) is 0.138. The second kappa shape index (κ2) is 11.0. The SMILES string of the molecule is N#CC(O)c1ccc(OC2OC(CO)C(OC(=O)C=Cc3ccc(O)c(O)c3)C(O)C2O)cc1. The van der Waals surface area contributed by atoms with Crippen molar-refractivity contribution in [2.45, 2.75) is 36.8 Å². The molecule has 6 N–H and O–H groups in total. The monoisotopic (exact) mass is 473 g/mol. The molecule has 3 rings (SSSR count). The summed E-state index contributed by atoms with van der Waals surface area (Å²) in [5.74, 6) is -1.43. The number of phenolic OH excluding ortho intramolecular Hbond substituents is 2. The summed E-state index contributed by atoms with van der Waals surface area (Å²) in [7, 11) is 0. The largest absolute Gasteiger partial charge is 0.504 e. The number of phenols is 2. The molecule has 1 aliphatic rings. The van der Waals surface area contributed by atoms with Gasteiger partial charge in [0, 0.05) is 6.08 Å². The van der Waals surface area contributed by atoms with Crippen LogP contribution in [0.25, 0.3) is 6.08 Å². The number of aliphatic hydroxyl groups is 4. The Bertz CT molecular complexity index is 1060. The fourth-order valence-electron chi connectivity index (χ4n) is 3.21. The summed E-state index contributed by atoms with van der Waals surface area (Å²) < 4.78 is 16.2. The average molecular weight is 473 g/mol. The molecule has 1 aliphatic heterocycles. The minimum Gasteiger partial charge on any atom is -0.504 e. The lowest BCUT2D eigenvalue weighted by Crippen LogP contribution is -2.61. The zero-order valence-electron chi connectivity index (χ0n) is 17.6. The van der Waals surface area contributed by atoms with Gasteiger partial charge in [0.05, 0.1) is 12.7 Å². The Morgan fingerprint density at radius 1 is 1.12 bits per heavy atom. The number of rotatable bonds is 7. The Kier molecular flexibility index (Phi) is 8.06. The zero-order chi connectivity index (χ0) is 24.8. The maximum atomic E-state index is 12.2. The van der Waals surface area contributed by atoms with Crippen molar-refractivity contribution in [2.75, 3.05) is 6.61 Å². The van der Waals surface area contributed by atoms with Crippen molar-refractivity contribution in [1.29, 1.82) is 5.26 Å². The molecule has 1 heterocycles. The average Bonchev–Trinajstić information content (AvgIpc) is 2.84. The van der Waals surface area contributed by atoms with Crippen LogP contribution in [0.3, 0.4) is 0 Å². The van der Waals surface area contributed by atoms with Gasteiger partial charge >= 0.3 is 5.97 Å². The molecule has 0 saturated carbocycles. The van der Waals surface area contributed by atoms with E-state index in [0.29, 0.717) is 11.1 Å². The van der Waals surface area contributed by atoms with Crippen LogP contribution >= 0.6 is 0 Å². The third kappa shape index (κ3) is 5.82. The number of aromatic hydroxyl groups is 2. The molecule has 11 nitrogen and oxygen atoms in total. The molecule has 0 bridgehead atoms. The topological polar surface area (TPSA) is 190 Å². The predicted molar refractivity (Wildman–Crippen MR) is 114 cm³/mol. The Morgan fingerprint density at radius 3 is 2.44 bits per heavy atom. The van der Waals surface area contributed by atoms with Crippen molar-refractivity contribution in [3.8, 4) is 23.3 Å². The Morgan fingerprint density at radius 2 is 1.82 bits per heavy atom. The number of ether oxygens (including phenoxy) is 3. The molecule has 6 atom stereocenters. The van der Waals surface area contributed by atoms with E-state index in [1.807, 2.05) is 0 Å². The van der Waals surface area contributed by atoms with E-state index in [2.05, 4.69) is 0 Å². The number of hydrogen-bond acceptors (Lipinski definition) is 11. The summed E-state index contributed by atoms with van der Waals surface area (Å²) in [6, 6.07) is 11.3. The fraction of sp³-hybridized carbons (Fsp3) is 0.304. The van der Waals surface area contributed by atoms with Crippen LogP contribution < -0.4 is 4.74 Å².